The normalized spacial score (nSPS) is 27.6. The maximum Gasteiger partial charge on any atom is 0.318 e. The number of hydrogen-bond donors (Lipinski definition) is 0. The van der Waals surface area contributed by atoms with E-state index in [1.54, 1.807) is 29.4 Å². The number of aromatic nitrogens is 4. The van der Waals surface area contributed by atoms with Gasteiger partial charge in [-0.25, -0.2) is 18.7 Å². The molecule has 268 valence electrons. The molecule has 52 heavy (non-hydrogen) atoms. The topological polar surface area (TPSA) is 124 Å². The predicted octanol–water partition coefficient (Wildman–Crippen LogP) is 3.64. The number of aryl methyl sites for hydroxylation is 1. The highest BCUT2D eigenvalue weighted by Crippen LogP contribution is 2.43. The van der Waals surface area contributed by atoms with E-state index in [0.29, 0.717) is 55.7 Å². The van der Waals surface area contributed by atoms with E-state index in [2.05, 4.69) is 33.4 Å². The molecule has 0 spiro atoms. The fourth-order valence-electron chi connectivity index (χ4n) is 8.78. The largest absolute Gasteiger partial charge is 0.486 e. The van der Waals surface area contributed by atoms with Crippen molar-refractivity contribution in [2.24, 2.45) is 5.92 Å². The first-order chi connectivity index (χ1) is 25.2. The van der Waals surface area contributed by atoms with Crippen LogP contribution in [0.3, 0.4) is 0 Å². The molecule has 1 unspecified atom stereocenters. The number of terminal acetylenes is 1. The van der Waals surface area contributed by atoms with Crippen LogP contribution in [-0.2, 0) is 17.6 Å². The van der Waals surface area contributed by atoms with Crippen molar-refractivity contribution in [2.75, 3.05) is 54.1 Å². The molecule has 0 radical (unpaired) electrons. The zero-order chi connectivity index (χ0) is 36.1. The number of carbonyl (C=O) groups is 1. The third-order valence-corrected chi connectivity index (χ3v) is 11.1. The second-order valence-electron chi connectivity index (χ2n) is 14.4. The Labute approximate surface area is 301 Å². The third-order valence-electron chi connectivity index (χ3n) is 11.1. The molecule has 1 aromatic carbocycles. The van der Waals surface area contributed by atoms with Gasteiger partial charge >= 0.3 is 6.01 Å². The summed E-state index contributed by atoms with van der Waals surface area (Å²) in [5.74, 6) is 3.02. The van der Waals surface area contributed by atoms with E-state index in [1.807, 2.05) is 16.7 Å². The molecule has 5 aliphatic rings. The molecule has 3 saturated heterocycles. The van der Waals surface area contributed by atoms with Gasteiger partial charge in [0.2, 0.25) is 11.9 Å². The van der Waals surface area contributed by atoms with Crippen LogP contribution in [0.4, 0.5) is 26.2 Å². The standard InChI is InChI=1S/C38H39F2N9O3/c1-4-28-29(40)10-9-23-8-6-13-47(33(23)28)27-15-30-34(51-21-27)35(46-19-26-14-24(17-41)31(20-46)49(26)32(50)5-2)45-37(44-30)52-22-38(3)16-25(39)18-48(38)36-42-11-7-12-43-36/h1,5,7,9-12,24-27,31H,2,6,8,13-16,18-22H2,3H3/t24?,25-,26-,27+,31-,38+/m1/s1. The van der Waals surface area contributed by atoms with Crippen LogP contribution in [0, 0.1) is 35.4 Å². The van der Waals surface area contributed by atoms with Gasteiger partial charge in [0.1, 0.15) is 25.2 Å². The van der Waals surface area contributed by atoms with E-state index in [-0.39, 0.29) is 67.7 Å². The first-order valence-electron chi connectivity index (χ1n) is 17.7. The molecule has 14 heteroatoms. The Morgan fingerprint density at radius 1 is 1.23 bits per heavy atom. The molecule has 0 aliphatic carbocycles. The minimum atomic E-state index is -1.10. The van der Waals surface area contributed by atoms with Crippen LogP contribution in [0.1, 0.15) is 43.0 Å². The Kier molecular flexibility index (Phi) is 8.56. The lowest BCUT2D eigenvalue weighted by atomic mass is 9.94. The van der Waals surface area contributed by atoms with Crippen molar-refractivity contribution >= 4 is 23.4 Å². The Morgan fingerprint density at radius 2 is 2.06 bits per heavy atom. The number of fused-ring (bicyclic) bond motifs is 4. The van der Waals surface area contributed by atoms with Crippen molar-refractivity contribution in [2.45, 2.75) is 68.9 Å². The number of halogens is 2. The number of alkyl halides is 1. The molecular weight excluding hydrogens is 668 g/mol. The summed E-state index contributed by atoms with van der Waals surface area (Å²) in [6, 6.07) is 6.65. The van der Waals surface area contributed by atoms with Crippen LogP contribution in [0.2, 0.25) is 0 Å². The highest BCUT2D eigenvalue weighted by Gasteiger charge is 2.50. The molecule has 1 amide bonds. The van der Waals surface area contributed by atoms with Crippen LogP contribution in [0.5, 0.6) is 11.8 Å². The van der Waals surface area contributed by atoms with Gasteiger partial charge in [-0.05, 0) is 50.0 Å². The Balaban J connectivity index is 1.14. The van der Waals surface area contributed by atoms with Gasteiger partial charge in [0.25, 0.3) is 0 Å². The number of hydrogen-bond acceptors (Lipinski definition) is 11. The van der Waals surface area contributed by atoms with Gasteiger partial charge in [-0.15, -0.1) is 6.42 Å². The highest BCUT2D eigenvalue weighted by molar-refractivity contribution is 5.88. The maximum absolute atomic E-state index is 15.0. The first-order valence-corrected chi connectivity index (χ1v) is 17.7. The van der Waals surface area contributed by atoms with Crippen molar-refractivity contribution in [1.29, 1.82) is 5.26 Å². The van der Waals surface area contributed by atoms with E-state index in [9.17, 15) is 18.8 Å². The molecule has 12 nitrogen and oxygen atoms in total. The fourth-order valence-corrected chi connectivity index (χ4v) is 8.78. The van der Waals surface area contributed by atoms with Crippen LogP contribution in [0.25, 0.3) is 0 Å². The van der Waals surface area contributed by atoms with Crippen LogP contribution in [0.15, 0.2) is 43.2 Å². The lowest BCUT2D eigenvalue weighted by molar-refractivity contribution is -0.129. The number of nitriles is 1. The van der Waals surface area contributed by atoms with E-state index in [4.69, 9.17) is 25.9 Å². The van der Waals surface area contributed by atoms with Crippen molar-refractivity contribution in [3.63, 3.8) is 0 Å². The van der Waals surface area contributed by atoms with E-state index in [1.165, 1.54) is 12.1 Å². The maximum atomic E-state index is 15.0. The Bertz CT molecular complexity index is 1990. The molecule has 0 saturated carbocycles. The quantitative estimate of drug-likeness (QED) is 0.264. The summed E-state index contributed by atoms with van der Waals surface area (Å²) in [6.45, 7) is 7.52. The predicted molar refractivity (Wildman–Crippen MR) is 188 cm³/mol. The molecule has 2 bridgehead atoms. The zero-order valence-electron chi connectivity index (χ0n) is 28.9. The number of piperazine rings is 1. The van der Waals surface area contributed by atoms with Crippen LogP contribution in [-0.4, -0.2) is 100.0 Å². The summed E-state index contributed by atoms with van der Waals surface area (Å²) >= 11 is 0. The lowest BCUT2D eigenvalue weighted by Gasteiger charge is -2.43. The summed E-state index contributed by atoms with van der Waals surface area (Å²) in [7, 11) is 0. The first kappa shape index (κ1) is 33.6. The number of ether oxygens (including phenoxy) is 2. The van der Waals surface area contributed by atoms with Crippen molar-refractivity contribution in [3.8, 4) is 30.2 Å². The molecule has 3 fully saturated rings. The SMILES string of the molecule is C#Cc1c(F)ccc2c1N([C@@H]1COc3c(nc(OC[C@]4(C)C[C@@H](F)CN4c4ncccn4)nc3N3C[C@H]4CC(C#N)[C@@H](C3)N4C(=O)C=C)C1)CCC2. The summed E-state index contributed by atoms with van der Waals surface area (Å²) in [4.78, 5) is 39.2. The summed E-state index contributed by atoms with van der Waals surface area (Å²) < 4.78 is 42.8. The molecule has 7 heterocycles. The lowest BCUT2D eigenvalue weighted by Crippen LogP contribution is -2.56. The number of nitrogens with zero attached hydrogens (tertiary/aromatic N) is 9. The van der Waals surface area contributed by atoms with Gasteiger partial charge in [-0.3, -0.25) is 4.79 Å². The molecule has 3 aromatic rings. The molecule has 6 atom stereocenters. The average molecular weight is 708 g/mol. The number of amides is 1. The van der Waals surface area contributed by atoms with Gasteiger partial charge in [-0.2, -0.15) is 15.2 Å². The number of carbonyl (C=O) groups excluding carboxylic acids is 1. The second-order valence-corrected chi connectivity index (χ2v) is 14.4. The summed E-state index contributed by atoms with van der Waals surface area (Å²) in [6.07, 6.45) is 12.1. The van der Waals surface area contributed by atoms with Gasteiger partial charge in [0.15, 0.2) is 11.6 Å². The molecule has 0 N–H and O–H groups in total. The molecular formula is C38H39F2N9O3. The smallest absolute Gasteiger partial charge is 0.318 e. The van der Waals surface area contributed by atoms with Gasteiger partial charge in [0.05, 0.1) is 59.1 Å². The van der Waals surface area contributed by atoms with Crippen molar-refractivity contribution < 1.29 is 23.0 Å². The minimum absolute atomic E-state index is 0.0574. The van der Waals surface area contributed by atoms with Crippen molar-refractivity contribution in [3.05, 3.63) is 65.9 Å². The fraction of sp³-hybridized carbons (Fsp3) is 0.474. The highest BCUT2D eigenvalue weighted by atomic mass is 19.1. The molecule has 5 aliphatic heterocycles. The monoisotopic (exact) mass is 707 g/mol. The van der Waals surface area contributed by atoms with Gasteiger partial charge in [-0.1, -0.05) is 18.6 Å². The van der Waals surface area contributed by atoms with Gasteiger partial charge < -0.3 is 29.1 Å². The minimum Gasteiger partial charge on any atom is -0.486 e. The van der Waals surface area contributed by atoms with E-state index in [0.717, 1.165) is 24.1 Å². The van der Waals surface area contributed by atoms with Crippen LogP contribution >= 0.6 is 0 Å². The van der Waals surface area contributed by atoms with Gasteiger partial charge in [0, 0.05) is 44.9 Å². The zero-order valence-corrected chi connectivity index (χ0v) is 28.9. The van der Waals surface area contributed by atoms with Crippen LogP contribution < -0.4 is 24.2 Å². The second kappa shape index (κ2) is 13.2. The summed E-state index contributed by atoms with van der Waals surface area (Å²) in [5.41, 5.74) is 1.78. The van der Waals surface area contributed by atoms with Crippen molar-refractivity contribution in [1.82, 2.24) is 24.8 Å². The molecule has 2 aromatic heterocycles. The average Bonchev–Trinajstić information content (AvgIpc) is 3.60. The third kappa shape index (κ3) is 5.70. The Morgan fingerprint density at radius 3 is 2.83 bits per heavy atom. The van der Waals surface area contributed by atoms with E-state index < -0.39 is 17.5 Å². The number of benzene rings is 1. The number of rotatable bonds is 7. The number of anilines is 3. The summed E-state index contributed by atoms with van der Waals surface area (Å²) in [5, 5.41) is 9.99. The molecule has 8 rings (SSSR count). The van der Waals surface area contributed by atoms with E-state index >= 15 is 0 Å². The Hall–Kier alpha value is -5.50.